The van der Waals surface area contributed by atoms with Gasteiger partial charge in [-0.3, -0.25) is 13.9 Å². The molecule has 0 aliphatic carbocycles. The van der Waals surface area contributed by atoms with E-state index in [1.54, 1.807) is 0 Å². The number of H-pyrrole nitrogens is 1. The molecule has 0 spiro atoms. The van der Waals surface area contributed by atoms with Crippen LogP contribution in [0.1, 0.15) is 10.4 Å². The Labute approximate surface area is 115 Å². The minimum Gasteiger partial charge on any atom is -0.478 e. The number of fused-ring (bicyclic) bond motifs is 1. The molecule has 3 rings (SSSR count). The van der Waals surface area contributed by atoms with E-state index < -0.39 is 17.2 Å². The number of carboxylic acid groups (broad SMARTS) is 1. The molecule has 0 radical (unpaired) electrons. The molecule has 108 valence electrons. The van der Waals surface area contributed by atoms with Crippen molar-refractivity contribution in [3.05, 3.63) is 38.8 Å². The van der Waals surface area contributed by atoms with Crippen molar-refractivity contribution in [3.63, 3.8) is 0 Å². The zero-order chi connectivity index (χ0) is 15.3. The van der Waals surface area contributed by atoms with E-state index in [0.29, 0.717) is 0 Å². The maximum Gasteiger partial charge on any atom is 0.338 e. The van der Waals surface area contributed by atoms with E-state index in [4.69, 9.17) is 5.11 Å². The van der Waals surface area contributed by atoms with Gasteiger partial charge in [0.1, 0.15) is 0 Å². The number of imidazole rings is 1. The van der Waals surface area contributed by atoms with Gasteiger partial charge in [0.2, 0.25) is 5.95 Å². The van der Waals surface area contributed by atoms with E-state index in [9.17, 15) is 14.4 Å². The molecule has 0 saturated heterocycles. The Morgan fingerprint density at radius 3 is 2.62 bits per heavy atom. The van der Waals surface area contributed by atoms with Gasteiger partial charge in [0.05, 0.1) is 11.8 Å². The summed E-state index contributed by atoms with van der Waals surface area (Å²) in [5.74, 6) is -0.975. The number of nitrogens with zero attached hydrogens (tertiary/aromatic N) is 5. The maximum absolute atomic E-state index is 12.0. The quantitative estimate of drug-likeness (QED) is 0.613. The van der Waals surface area contributed by atoms with Crippen LogP contribution >= 0.6 is 0 Å². The van der Waals surface area contributed by atoms with Crippen LogP contribution in [0.3, 0.4) is 0 Å². The largest absolute Gasteiger partial charge is 0.478 e. The number of hydrogen-bond acceptors (Lipinski definition) is 5. The van der Waals surface area contributed by atoms with Crippen LogP contribution < -0.4 is 11.2 Å². The average molecular weight is 290 g/mol. The number of carbonyl (C=O) groups is 1. The second-order valence-electron chi connectivity index (χ2n) is 4.44. The Balaban J connectivity index is 2.28. The molecule has 0 saturated carbocycles. The van der Waals surface area contributed by atoms with Crippen LogP contribution in [0.5, 0.6) is 0 Å². The van der Waals surface area contributed by atoms with Gasteiger partial charge in [0.25, 0.3) is 5.56 Å². The summed E-state index contributed by atoms with van der Waals surface area (Å²) in [5, 5.41) is 12.7. The smallest absolute Gasteiger partial charge is 0.338 e. The van der Waals surface area contributed by atoms with Gasteiger partial charge in [0, 0.05) is 20.3 Å². The molecule has 0 bridgehead atoms. The van der Waals surface area contributed by atoms with E-state index >= 15 is 0 Å². The molecule has 0 aliphatic rings. The first kappa shape index (κ1) is 12.8. The molecule has 0 aliphatic heterocycles. The van der Waals surface area contributed by atoms with Crippen molar-refractivity contribution in [3.8, 4) is 5.95 Å². The number of nitrogens with one attached hydrogen (secondary N) is 1. The van der Waals surface area contributed by atoms with Crippen molar-refractivity contribution >= 4 is 17.1 Å². The fourth-order valence-corrected chi connectivity index (χ4v) is 1.97. The molecule has 21 heavy (non-hydrogen) atoms. The Hall–Kier alpha value is -3.17. The third-order valence-corrected chi connectivity index (χ3v) is 3.13. The fourth-order valence-electron chi connectivity index (χ4n) is 1.97. The third-order valence-electron chi connectivity index (χ3n) is 3.13. The van der Waals surface area contributed by atoms with Gasteiger partial charge >= 0.3 is 11.7 Å². The van der Waals surface area contributed by atoms with Crippen molar-refractivity contribution in [2.45, 2.75) is 0 Å². The van der Waals surface area contributed by atoms with Gasteiger partial charge in [-0.2, -0.15) is 10.1 Å². The Morgan fingerprint density at radius 1 is 1.29 bits per heavy atom. The van der Waals surface area contributed by atoms with Crippen LogP contribution in [0, 0.1) is 0 Å². The van der Waals surface area contributed by atoms with Crippen LogP contribution in [0.4, 0.5) is 0 Å². The van der Waals surface area contributed by atoms with Crippen molar-refractivity contribution < 1.29 is 9.90 Å². The second kappa shape index (κ2) is 4.16. The molecule has 10 nitrogen and oxygen atoms in total. The number of aryl methyl sites for hydroxylation is 1. The van der Waals surface area contributed by atoms with Gasteiger partial charge in [-0.25, -0.2) is 14.3 Å². The van der Waals surface area contributed by atoms with E-state index in [1.165, 1.54) is 29.5 Å². The average Bonchev–Trinajstić information content (AvgIpc) is 3.08. The topological polar surface area (TPSA) is 128 Å². The number of hydrogen-bond donors (Lipinski definition) is 2. The summed E-state index contributed by atoms with van der Waals surface area (Å²) < 4.78 is 3.36. The number of aromatic carboxylic acids is 1. The molecular formula is C11H10N6O4. The first-order chi connectivity index (χ1) is 9.90. The SMILES string of the molecule is Cn1c(=O)c2[nH]c(-n3cc(C(=O)O)cn3)nc2n(C)c1=O. The summed E-state index contributed by atoms with van der Waals surface area (Å²) in [6.45, 7) is 0. The molecule has 0 atom stereocenters. The Morgan fingerprint density at radius 2 is 2.00 bits per heavy atom. The first-order valence-electron chi connectivity index (χ1n) is 5.84. The predicted octanol–water partition coefficient (Wildman–Crippen LogP) is -1.16. The highest BCUT2D eigenvalue weighted by Crippen LogP contribution is 2.09. The molecule has 3 aromatic rings. The summed E-state index contributed by atoms with van der Waals surface area (Å²) >= 11 is 0. The molecule has 0 aromatic carbocycles. The van der Waals surface area contributed by atoms with E-state index in [-0.39, 0.29) is 22.7 Å². The number of aromatic amines is 1. The first-order valence-corrected chi connectivity index (χ1v) is 5.84. The Kier molecular flexibility index (Phi) is 2.55. The van der Waals surface area contributed by atoms with Crippen molar-refractivity contribution in [1.29, 1.82) is 0 Å². The second-order valence-corrected chi connectivity index (χ2v) is 4.44. The van der Waals surface area contributed by atoms with Gasteiger partial charge in [0.15, 0.2) is 11.2 Å². The Bertz CT molecular complexity index is 988. The van der Waals surface area contributed by atoms with Crippen molar-refractivity contribution in [1.82, 2.24) is 28.9 Å². The molecule has 0 fully saturated rings. The lowest BCUT2D eigenvalue weighted by Gasteiger charge is -2.00. The zero-order valence-electron chi connectivity index (χ0n) is 11.1. The van der Waals surface area contributed by atoms with Gasteiger partial charge in [-0.1, -0.05) is 0 Å². The van der Waals surface area contributed by atoms with Crippen molar-refractivity contribution in [2.75, 3.05) is 0 Å². The molecular weight excluding hydrogens is 280 g/mol. The number of carboxylic acids is 1. The summed E-state index contributed by atoms with van der Waals surface area (Å²) in [7, 11) is 2.85. The summed E-state index contributed by atoms with van der Waals surface area (Å²) in [5.41, 5.74) is -0.723. The molecule has 0 unspecified atom stereocenters. The van der Waals surface area contributed by atoms with E-state index in [2.05, 4.69) is 15.1 Å². The highest BCUT2D eigenvalue weighted by atomic mass is 16.4. The minimum absolute atomic E-state index is 0.0164. The maximum atomic E-state index is 12.0. The molecule has 2 N–H and O–H groups in total. The lowest BCUT2D eigenvalue weighted by Crippen LogP contribution is -2.36. The number of rotatable bonds is 2. The minimum atomic E-state index is -1.12. The standard InChI is InChI=1S/C11H10N6O4/c1-15-7-6(8(18)16(2)11(15)21)13-10(14-7)17-4-5(3-12-17)9(19)20/h3-4H,1-2H3,(H,13,14)(H,19,20). The normalized spacial score (nSPS) is 11.1. The zero-order valence-corrected chi connectivity index (χ0v) is 11.1. The summed E-state index contributed by atoms with van der Waals surface area (Å²) in [4.78, 5) is 41.5. The van der Waals surface area contributed by atoms with E-state index in [1.807, 2.05) is 0 Å². The van der Waals surface area contributed by atoms with Crippen LogP contribution in [0.15, 0.2) is 22.0 Å². The van der Waals surface area contributed by atoms with Crippen LogP contribution in [0.25, 0.3) is 17.1 Å². The highest BCUT2D eigenvalue weighted by Gasteiger charge is 2.15. The van der Waals surface area contributed by atoms with Crippen LogP contribution in [0.2, 0.25) is 0 Å². The summed E-state index contributed by atoms with van der Waals surface area (Å²) in [6, 6.07) is 0. The summed E-state index contributed by atoms with van der Waals surface area (Å²) in [6.07, 6.45) is 2.41. The lowest BCUT2D eigenvalue weighted by atomic mass is 10.4. The third kappa shape index (κ3) is 1.76. The van der Waals surface area contributed by atoms with Gasteiger partial charge < -0.3 is 10.1 Å². The van der Waals surface area contributed by atoms with Crippen molar-refractivity contribution in [2.24, 2.45) is 14.1 Å². The lowest BCUT2D eigenvalue weighted by molar-refractivity contribution is 0.0697. The fraction of sp³-hybridized carbons (Fsp3) is 0.182. The van der Waals surface area contributed by atoms with Gasteiger partial charge in [-0.05, 0) is 0 Å². The number of aromatic nitrogens is 6. The predicted molar refractivity (Wildman–Crippen MR) is 70.7 cm³/mol. The van der Waals surface area contributed by atoms with E-state index in [0.717, 1.165) is 10.8 Å². The molecule has 10 heteroatoms. The molecule has 3 heterocycles. The monoisotopic (exact) mass is 290 g/mol. The highest BCUT2D eigenvalue weighted by molar-refractivity contribution is 5.87. The molecule has 3 aromatic heterocycles. The van der Waals surface area contributed by atoms with Crippen LogP contribution in [-0.4, -0.2) is 40.0 Å². The molecule has 0 amide bonds. The van der Waals surface area contributed by atoms with Crippen LogP contribution in [-0.2, 0) is 14.1 Å². The van der Waals surface area contributed by atoms with Gasteiger partial charge in [-0.15, -0.1) is 0 Å².